The molecule has 1 saturated heterocycles. The first-order valence-electron chi connectivity index (χ1n) is 6.04. The highest BCUT2D eigenvalue weighted by Crippen LogP contribution is 2.28. The molecule has 2 heterocycles. The maximum absolute atomic E-state index is 11.3. The van der Waals surface area contributed by atoms with Crippen molar-refractivity contribution in [1.29, 1.82) is 5.26 Å². The molecule has 1 aliphatic rings. The monoisotopic (exact) mass is 244 g/mol. The number of carbonyl (C=O) groups excluding carboxylic acids is 1. The van der Waals surface area contributed by atoms with Crippen LogP contribution in [0.5, 0.6) is 0 Å². The van der Waals surface area contributed by atoms with Crippen molar-refractivity contribution in [2.45, 2.75) is 25.8 Å². The Balaban J connectivity index is 2.30. The summed E-state index contributed by atoms with van der Waals surface area (Å²) in [6, 6.07) is 6.05. The smallest absolute Gasteiger partial charge is 0.222 e. The van der Waals surface area contributed by atoms with E-state index in [-0.39, 0.29) is 17.9 Å². The molecule has 2 atom stereocenters. The number of hydrogen-bond donors (Lipinski definition) is 1. The highest BCUT2D eigenvalue weighted by molar-refractivity contribution is 5.78. The first kappa shape index (κ1) is 12.4. The average Bonchev–Trinajstić information content (AvgIpc) is 2.39. The zero-order chi connectivity index (χ0) is 13.1. The molecule has 0 radical (unpaired) electrons. The van der Waals surface area contributed by atoms with Crippen molar-refractivity contribution in [2.24, 2.45) is 11.7 Å². The lowest BCUT2D eigenvalue weighted by Crippen LogP contribution is -2.46. The zero-order valence-corrected chi connectivity index (χ0v) is 10.3. The lowest BCUT2D eigenvalue weighted by Gasteiger charge is -2.38. The minimum atomic E-state index is -0.269. The second kappa shape index (κ2) is 5.05. The van der Waals surface area contributed by atoms with Gasteiger partial charge in [-0.3, -0.25) is 4.79 Å². The molecule has 18 heavy (non-hydrogen) atoms. The summed E-state index contributed by atoms with van der Waals surface area (Å²) in [5.74, 6) is -0.415. The van der Waals surface area contributed by atoms with Gasteiger partial charge in [-0.15, -0.1) is 0 Å². The van der Waals surface area contributed by atoms with Crippen molar-refractivity contribution in [1.82, 2.24) is 4.98 Å². The van der Waals surface area contributed by atoms with E-state index < -0.39 is 0 Å². The highest BCUT2D eigenvalue weighted by atomic mass is 16.1. The van der Waals surface area contributed by atoms with Crippen molar-refractivity contribution < 1.29 is 4.79 Å². The predicted molar refractivity (Wildman–Crippen MR) is 67.7 cm³/mol. The zero-order valence-electron chi connectivity index (χ0n) is 10.3. The third-order valence-corrected chi connectivity index (χ3v) is 3.49. The van der Waals surface area contributed by atoms with Crippen LogP contribution in [0.2, 0.25) is 0 Å². The summed E-state index contributed by atoms with van der Waals surface area (Å²) in [6.45, 7) is 2.66. The molecule has 0 spiro atoms. The number of primary amides is 1. The van der Waals surface area contributed by atoms with Crippen LogP contribution in [-0.4, -0.2) is 23.5 Å². The number of pyridine rings is 1. The Morgan fingerprint density at radius 3 is 3.06 bits per heavy atom. The second-order valence-corrected chi connectivity index (χ2v) is 4.66. The standard InChI is InChI=1S/C13H16N4O/c1-9-4-5-10(13(15)18)8-17(9)12-3-2-6-16-11(12)7-14/h2-3,6,9-10H,4-5,8H2,1H3,(H2,15,18). The summed E-state index contributed by atoms with van der Waals surface area (Å²) in [4.78, 5) is 17.4. The van der Waals surface area contributed by atoms with Crippen molar-refractivity contribution >= 4 is 11.6 Å². The molecule has 94 valence electrons. The van der Waals surface area contributed by atoms with Crippen LogP contribution >= 0.6 is 0 Å². The Morgan fingerprint density at radius 1 is 1.61 bits per heavy atom. The number of nitrogens with two attached hydrogens (primary N) is 1. The third-order valence-electron chi connectivity index (χ3n) is 3.49. The van der Waals surface area contributed by atoms with Crippen LogP contribution in [0, 0.1) is 17.2 Å². The van der Waals surface area contributed by atoms with Crippen LogP contribution in [0.25, 0.3) is 0 Å². The van der Waals surface area contributed by atoms with E-state index in [4.69, 9.17) is 11.0 Å². The number of anilines is 1. The average molecular weight is 244 g/mol. The number of aromatic nitrogens is 1. The van der Waals surface area contributed by atoms with Gasteiger partial charge in [0.15, 0.2) is 5.69 Å². The molecule has 0 aromatic carbocycles. The summed E-state index contributed by atoms with van der Waals surface area (Å²) < 4.78 is 0. The minimum Gasteiger partial charge on any atom is -0.369 e. The van der Waals surface area contributed by atoms with Gasteiger partial charge in [0.25, 0.3) is 0 Å². The molecule has 2 unspecified atom stereocenters. The summed E-state index contributed by atoms with van der Waals surface area (Å²) >= 11 is 0. The molecule has 5 nitrogen and oxygen atoms in total. The Kier molecular flexibility index (Phi) is 3.47. The molecule has 1 aliphatic heterocycles. The molecule has 0 bridgehead atoms. The number of nitriles is 1. The van der Waals surface area contributed by atoms with E-state index >= 15 is 0 Å². The third kappa shape index (κ3) is 2.28. The second-order valence-electron chi connectivity index (χ2n) is 4.66. The molecule has 5 heteroatoms. The Bertz CT molecular complexity index is 494. The van der Waals surface area contributed by atoms with Gasteiger partial charge in [-0.25, -0.2) is 4.98 Å². The number of hydrogen-bond acceptors (Lipinski definition) is 4. The fraction of sp³-hybridized carbons (Fsp3) is 0.462. The normalized spacial score (nSPS) is 23.4. The molecular formula is C13H16N4O. The van der Waals surface area contributed by atoms with E-state index in [0.717, 1.165) is 18.5 Å². The fourth-order valence-corrected chi connectivity index (χ4v) is 2.39. The summed E-state index contributed by atoms with van der Waals surface area (Å²) in [6.07, 6.45) is 3.31. The molecular weight excluding hydrogens is 228 g/mol. The molecule has 0 saturated carbocycles. The fourth-order valence-electron chi connectivity index (χ4n) is 2.39. The quantitative estimate of drug-likeness (QED) is 0.842. The van der Waals surface area contributed by atoms with Crippen LogP contribution in [-0.2, 0) is 4.79 Å². The number of rotatable bonds is 2. The molecule has 1 aromatic rings. The summed E-state index contributed by atoms with van der Waals surface area (Å²) in [5.41, 5.74) is 6.57. The largest absolute Gasteiger partial charge is 0.369 e. The van der Waals surface area contributed by atoms with Crippen LogP contribution in [0.1, 0.15) is 25.5 Å². The van der Waals surface area contributed by atoms with E-state index in [9.17, 15) is 4.79 Å². The Hall–Kier alpha value is -2.09. The molecule has 0 aliphatic carbocycles. The number of amides is 1. The molecule has 1 amide bonds. The van der Waals surface area contributed by atoms with E-state index in [1.54, 1.807) is 12.3 Å². The van der Waals surface area contributed by atoms with Gasteiger partial charge in [0.05, 0.1) is 11.6 Å². The van der Waals surface area contributed by atoms with Crippen molar-refractivity contribution in [3.63, 3.8) is 0 Å². The minimum absolute atomic E-state index is 0.145. The van der Waals surface area contributed by atoms with Gasteiger partial charge in [-0.2, -0.15) is 5.26 Å². The topological polar surface area (TPSA) is 83.0 Å². The number of carbonyl (C=O) groups is 1. The van der Waals surface area contributed by atoms with Crippen LogP contribution < -0.4 is 10.6 Å². The van der Waals surface area contributed by atoms with Crippen molar-refractivity contribution in [2.75, 3.05) is 11.4 Å². The van der Waals surface area contributed by atoms with E-state index in [0.29, 0.717) is 12.2 Å². The van der Waals surface area contributed by atoms with Gasteiger partial charge in [-0.1, -0.05) is 0 Å². The van der Waals surface area contributed by atoms with E-state index in [1.165, 1.54) is 0 Å². The van der Waals surface area contributed by atoms with Crippen LogP contribution in [0.4, 0.5) is 5.69 Å². The lowest BCUT2D eigenvalue weighted by molar-refractivity contribution is -0.122. The van der Waals surface area contributed by atoms with E-state index in [2.05, 4.69) is 22.9 Å². The molecule has 1 fully saturated rings. The Labute approximate surface area is 106 Å². The van der Waals surface area contributed by atoms with Gasteiger partial charge in [0, 0.05) is 18.8 Å². The van der Waals surface area contributed by atoms with Gasteiger partial charge in [-0.05, 0) is 31.9 Å². The number of piperidine rings is 1. The maximum atomic E-state index is 11.3. The Morgan fingerprint density at radius 2 is 2.39 bits per heavy atom. The predicted octanol–water partition coefficient (Wildman–Crippen LogP) is 1.04. The highest BCUT2D eigenvalue weighted by Gasteiger charge is 2.30. The lowest BCUT2D eigenvalue weighted by atomic mass is 9.92. The van der Waals surface area contributed by atoms with E-state index in [1.807, 2.05) is 6.07 Å². The van der Waals surface area contributed by atoms with Gasteiger partial charge in [0.1, 0.15) is 6.07 Å². The molecule has 2 rings (SSSR count). The summed E-state index contributed by atoms with van der Waals surface area (Å²) in [7, 11) is 0. The van der Waals surface area contributed by atoms with Crippen LogP contribution in [0.15, 0.2) is 18.3 Å². The maximum Gasteiger partial charge on any atom is 0.222 e. The summed E-state index contributed by atoms with van der Waals surface area (Å²) in [5, 5.41) is 9.08. The number of nitrogens with zero attached hydrogens (tertiary/aromatic N) is 3. The first-order chi connectivity index (χ1) is 8.63. The first-order valence-corrected chi connectivity index (χ1v) is 6.04. The van der Waals surface area contributed by atoms with Gasteiger partial charge >= 0.3 is 0 Å². The van der Waals surface area contributed by atoms with Crippen molar-refractivity contribution in [3.8, 4) is 6.07 Å². The van der Waals surface area contributed by atoms with Crippen molar-refractivity contribution in [3.05, 3.63) is 24.0 Å². The van der Waals surface area contributed by atoms with Gasteiger partial charge in [0.2, 0.25) is 5.91 Å². The molecule has 2 N–H and O–H groups in total. The van der Waals surface area contributed by atoms with Gasteiger partial charge < -0.3 is 10.6 Å². The SMILES string of the molecule is CC1CCC(C(N)=O)CN1c1cccnc1C#N. The van der Waals surface area contributed by atoms with Crippen LogP contribution in [0.3, 0.4) is 0 Å². The molecule has 1 aromatic heterocycles.